The number of rotatable bonds is 9. The molecule has 1 saturated heterocycles. The largest absolute Gasteiger partial charge is 0.493 e. The molecule has 6 heteroatoms. The Morgan fingerprint density at radius 2 is 1.82 bits per heavy atom. The maximum absolute atomic E-state index is 6.26. The van der Waals surface area contributed by atoms with Crippen molar-refractivity contribution < 1.29 is 14.2 Å². The fraction of sp³-hybridized carbons (Fsp3) is 0.500. The van der Waals surface area contributed by atoms with E-state index in [2.05, 4.69) is 59.9 Å². The smallest absolute Gasteiger partial charge is 0.163 e. The second-order valence-corrected chi connectivity index (χ2v) is 17.0. The van der Waals surface area contributed by atoms with Gasteiger partial charge in [0, 0.05) is 45.7 Å². The van der Waals surface area contributed by atoms with Crippen LogP contribution >= 0.6 is 0 Å². The Hall–Kier alpha value is -2.44. The molecule has 2 aromatic rings. The van der Waals surface area contributed by atoms with E-state index in [-0.39, 0.29) is 0 Å². The van der Waals surface area contributed by atoms with Gasteiger partial charge in [0.2, 0.25) is 0 Å². The van der Waals surface area contributed by atoms with Crippen molar-refractivity contribution in [3.8, 4) is 11.5 Å². The van der Waals surface area contributed by atoms with Crippen LogP contribution in [0.5, 0.6) is 11.5 Å². The van der Waals surface area contributed by atoms with Crippen LogP contribution in [-0.2, 0) is 17.9 Å². The standard InChI is InChI=1S/C28H38N2O3Si/c1-31-26-14-23-17-29-20-28(10-11-28)16-24(29)18-30(21-32-12-13-34(2,3)4)25(23)15-27(26)33-19-22-8-6-5-7-9-22/h5-9,14-15,18H,10-13,16-17,19-21H2,1-4H3. The summed E-state index contributed by atoms with van der Waals surface area (Å²) in [5.41, 5.74) is 5.53. The molecule has 3 aliphatic rings. The van der Waals surface area contributed by atoms with E-state index in [1.807, 2.05) is 18.2 Å². The molecule has 0 radical (unpaired) electrons. The molecule has 1 aliphatic carbocycles. The molecule has 0 atom stereocenters. The van der Waals surface area contributed by atoms with E-state index in [1.54, 1.807) is 7.11 Å². The zero-order valence-corrected chi connectivity index (χ0v) is 22.1. The number of allylic oxidation sites excluding steroid dienone is 1. The molecule has 2 fully saturated rings. The van der Waals surface area contributed by atoms with Gasteiger partial charge in [-0.05, 0) is 47.9 Å². The van der Waals surface area contributed by atoms with Gasteiger partial charge in [0.1, 0.15) is 13.3 Å². The molecule has 0 N–H and O–H groups in total. The van der Waals surface area contributed by atoms with Gasteiger partial charge < -0.3 is 24.0 Å². The van der Waals surface area contributed by atoms with Crippen molar-refractivity contribution >= 4 is 13.8 Å². The molecule has 0 aromatic heterocycles. The van der Waals surface area contributed by atoms with E-state index in [1.165, 1.54) is 36.6 Å². The average Bonchev–Trinajstić information content (AvgIpc) is 3.51. The van der Waals surface area contributed by atoms with Crippen LogP contribution in [0.3, 0.4) is 0 Å². The molecule has 34 heavy (non-hydrogen) atoms. The highest BCUT2D eigenvalue weighted by molar-refractivity contribution is 6.76. The molecule has 1 spiro atoms. The van der Waals surface area contributed by atoms with Crippen LogP contribution in [0.2, 0.25) is 25.7 Å². The highest BCUT2D eigenvalue weighted by Gasteiger charge is 2.50. The minimum atomic E-state index is -1.13. The zero-order chi connectivity index (χ0) is 23.8. The van der Waals surface area contributed by atoms with Gasteiger partial charge in [-0.25, -0.2) is 0 Å². The number of hydrogen-bond donors (Lipinski definition) is 0. The summed E-state index contributed by atoms with van der Waals surface area (Å²) in [6.45, 7) is 11.1. The Bertz CT molecular complexity index is 1040. The van der Waals surface area contributed by atoms with Crippen LogP contribution in [0.4, 0.5) is 5.69 Å². The Balaban J connectivity index is 1.41. The Morgan fingerprint density at radius 3 is 2.53 bits per heavy atom. The highest BCUT2D eigenvalue weighted by atomic mass is 28.3. The van der Waals surface area contributed by atoms with Crippen molar-refractivity contribution in [2.45, 2.75) is 58.1 Å². The first-order chi connectivity index (χ1) is 16.3. The third-order valence-corrected chi connectivity index (χ3v) is 8.95. The lowest BCUT2D eigenvalue weighted by Crippen LogP contribution is -2.25. The summed E-state index contributed by atoms with van der Waals surface area (Å²) in [6.07, 6.45) is 6.23. The highest BCUT2D eigenvalue weighted by Crippen LogP contribution is 2.57. The van der Waals surface area contributed by atoms with Gasteiger partial charge in [-0.1, -0.05) is 50.0 Å². The number of benzene rings is 2. The molecule has 5 nitrogen and oxygen atoms in total. The minimum Gasteiger partial charge on any atom is -0.493 e. The number of nitrogens with zero attached hydrogens (tertiary/aromatic N) is 2. The maximum atomic E-state index is 6.26. The summed E-state index contributed by atoms with van der Waals surface area (Å²) >= 11 is 0. The van der Waals surface area contributed by atoms with Crippen molar-refractivity contribution in [3.05, 3.63) is 65.5 Å². The normalized spacial score (nSPS) is 18.3. The van der Waals surface area contributed by atoms with Crippen molar-refractivity contribution in [1.29, 1.82) is 0 Å². The van der Waals surface area contributed by atoms with E-state index in [4.69, 9.17) is 14.2 Å². The molecule has 1 saturated carbocycles. The summed E-state index contributed by atoms with van der Waals surface area (Å²) in [5, 5.41) is 0. The summed E-state index contributed by atoms with van der Waals surface area (Å²) < 4.78 is 18.3. The number of ether oxygens (including phenoxy) is 3. The van der Waals surface area contributed by atoms with E-state index < -0.39 is 8.07 Å². The van der Waals surface area contributed by atoms with E-state index in [0.29, 0.717) is 18.8 Å². The number of hydrogen-bond acceptors (Lipinski definition) is 5. The predicted octanol–water partition coefficient (Wildman–Crippen LogP) is 6.23. The lowest BCUT2D eigenvalue weighted by Gasteiger charge is -2.25. The Morgan fingerprint density at radius 1 is 1.03 bits per heavy atom. The lowest BCUT2D eigenvalue weighted by molar-refractivity contribution is 0.152. The van der Waals surface area contributed by atoms with Gasteiger partial charge in [0.15, 0.2) is 11.5 Å². The third kappa shape index (κ3) is 5.28. The minimum absolute atomic E-state index is 0.512. The molecule has 5 rings (SSSR count). The molecule has 2 aliphatic heterocycles. The van der Waals surface area contributed by atoms with Gasteiger partial charge in [-0.3, -0.25) is 0 Å². The summed E-state index contributed by atoms with van der Waals surface area (Å²) in [6, 6.07) is 15.8. The van der Waals surface area contributed by atoms with Gasteiger partial charge in [-0.15, -0.1) is 0 Å². The topological polar surface area (TPSA) is 34.2 Å². The predicted molar refractivity (Wildman–Crippen MR) is 140 cm³/mol. The first kappa shape index (κ1) is 23.3. The molecule has 182 valence electrons. The van der Waals surface area contributed by atoms with Crippen molar-refractivity contribution in [1.82, 2.24) is 4.90 Å². The average molecular weight is 479 g/mol. The molecule has 0 amide bonds. The van der Waals surface area contributed by atoms with Crippen LogP contribution in [0.25, 0.3) is 0 Å². The van der Waals surface area contributed by atoms with Crippen LogP contribution in [0.1, 0.15) is 30.4 Å². The third-order valence-electron chi connectivity index (χ3n) is 7.25. The van der Waals surface area contributed by atoms with Crippen LogP contribution in [0.15, 0.2) is 54.4 Å². The fourth-order valence-corrected chi connectivity index (χ4v) is 5.71. The Labute approximate surface area is 205 Å². The second kappa shape index (κ2) is 9.31. The number of methoxy groups -OCH3 is 1. The fourth-order valence-electron chi connectivity index (χ4n) is 4.95. The van der Waals surface area contributed by atoms with Crippen LogP contribution in [0, 0.1) is 5.41 Å². The molecule has 2 heterocycles. The van der Waals surface area contributed by atoms with Crippen molar-refractivity contribution in [2.24, 2.45) is 5.41 Å². The quantitative estimate of drug-likeness (QED) is 0.315. The number of fused-ring (bicyclic) bond motifs is 2. The van der Waals surface area contributed by atoms with Gasteiger partial charge in [0.05, 0.1) is 12.8 Å². The van der Waals surface area contributed by atoms with Gasteiger partial charge in [0.25, 0.3) is 0 Å². The number of anilines is 1. The second-order valence-electron chi connectivity index (χ2n) is 11.4. The van der Waals surface area contributed by atoms with Crippen LogP contribution in [-0.4, -0.2) is 40.0 Å². The lowest BCUT2D eigenvalue weighted by atomic mass is 10.1. The molecular weight excluding hydrogens is 440 g/mol. The SMILES string of the molecule is COc1cc2c(cc1OCc1ccccc1)N(COCC[Si](C)(C)C)C=C1CC3(CC3)CN1C2. The van der Waals surface area contributed by atoms with Crippen LogP contribution < -0.4 is 14.4 Å². The molecular formula is C28H38N2O3Si. The molecule has 0 unspecified atom stereocenters. The summed E-state index contributed by atoms with van der Waals surface area (Å²) in [4.78, 5) is 4.86. The molecule has 2 aromatic carbocycles. The first-order valence-corrected chi connectivity index (χ1v) is 16.2. The first-order valence-electron chi connectivity index (χ1n) is 12.5. The monoisotopic (exact) mass is 478 g/mol. The van der Waals surface area contributed by atoms with Gasteiger partial charge >= 0.3 is 0 Å². The molecule has 0 bridgehead atoms. The summed E-state index contributed by atoms with van der Waals surface area (Å²) in [7, 11) is 0.600. The van der Waals surface area contributed by atoms with E-state index >= 15 is 0 Å². The summed E-state index contributed by atoms with van der Waals surface area (Å²) in [5.74, 6) is 1.56. The van der Waals surface area contributed by atoms with E-state index in [9.17, 15) is 0 Å². The van der Waals surface area contributed by atoms with Crippen molar-refractivity contribution in [2.75, 3.05) is 31.9 Å². The van der Waals surface area contributed by atoms with Gasteiger partial charge in [-0.2, -0.15) is 0 Å². The zero-order valence-electron chi connectivity index (χ0n) is 21.1. The van der Waals surface area contributed by atoms with Crippen molar-refractivity contribution in [3.63, 3.8) is 0 Å². The maximum Gasteiger partial charge on any atom is 0.163 e. The Kier molecular flexibility index (Phi) is 6.38. The van der Waals surface area contributed by atoms with E-state index in [0.717, 1.165) is 42.4 Å².